The van der Waals surface area contributed by atoms with Crippen LogP contribution in [-0.2, 0) is 14.3 Å². The van der Waals surface area contributed by atoms with Gasteiger partial charge in [0.1, 0.15) is 6.10 Å². The first-order chi connectivity index (χ1) is 7.83. The van der Waals surface area contributed by atoms with Gasteiger partial charge in [-0.25, -0.2) is 0 Å². The molecule has 1 aromatic carbocycles. The lowest BCUT2D eigenvalue weighted by Gasteiger charge is -2.13. The van der Waals surface area contributed by atoms with Crippen LogP contribution >= 0.6 is 0 Å². The zero-order valence-corrected chi connectivity index (χ0v) is 10.5. The maximum absolute atomic E-state index is 11.7. The van der Waals surface area contributed by atoms with Crippen molar-refractivity contribution in [1.29, 1.82) is 0 Å². The highest BCUT2D eigenvalue weighted by Gasteiger charge is 2.19. The Hall–Kier alpha value is -0.950. The lowest BCUT2D eigenvalue weighted by Crippen LogP contribution is -2.29. The van der Waals surface area contributed by atoms with E-state index in [2.05, 4.69) is 4.18 Å². The first-order valence-electron chi connectivity index (χ1n) is 5.15. The van der Waals surface area contributed by atoms with Crippen LogP contribution in [0, 0.1) is 6.92 Å². The molecule has 0 unspecified atom stereocenters. The smallest absolute Gasteiger partial charge is 0.297 e. The minimum absolute atomic E-state index is 0.0286. The summed E-state index contributed by atoms with van der Waals surface area (Å²) in [5.41, 5.74) is 0.938. The van der Waals surface area contributed by atoms with Crippen LogP contribution in [0.1, 0.15) is 12.5 Å². The zero-order chi connectivity index (χ0) is 13.1. The monoisotopic (exact) mass is 260 g/mol. The third kappa shape index (κ3) is 4.08. The number of aryl methyl sites for hydroxylation is 1. The number of aliphatic hydroxyl groups excluding tert-OH is 2. The quantitative estimate of drug-likeness (QED) is 0.751. The highest BCUT2D eigenvalue weighted by atomic mass is 32.2. The molecule has 1 rings (SSSR count). The number of benzene rings is 1. The molecule has 0 aliphatic heterocycles. The number of aliphatic hydroxyl groups is 2. The molecule has 0 radical (unpaired) electrons. The summed E-state index contributed by atoms with van der Waals surface area (Å²) in [4.78, 5) is 0.0286. The lowest BCUT2D eigenvalue weighted by atomic mass is 10.2. The largest absolute Gasteiger partial charge is 0.391 e. The second kappa shape index (κ2) is 5.59. The summed E-state index contributed by atoms with van der Waals surface area (Å²) in [6.45, 7) is 2.73. The van der Waals surface area contributed by atoms with Gasteiger partial charge in [-0.05, 0) is 26.0 Å². The van der Waals surface area contributed by atoms with Gasteiger partial charge < -0.3 is 10.2 Å². The third-order valence-electron chi connectivity index (χ3n) is 2.26. The van der Waals surface area contributed by atoms with Gasteiger partial charge in [0.2, 0.25) is 0 Å². The molecule has 0 amide bonds. The van der Waals surface area contributed by atoms with E-state index in [1.807, 2.05) is 6.92 Å². The molecule has 0 fully saturated rings. The lowest BCUT2D eigenvalue weighted by molar-refractivity contribution is 0.00376. The van der Waals surface area contributed by atoms with Crippen molar-refractivity contribution in [2.75, 3.05) is 6.61 Å². The van der Waals surface area contributed by atoms with Crippen LogP contribution in [0.3, 0.4) is 0 Å². The first-order valence-corrected chi connectivity index (χ1v) is 6.56. The summed E-state index contributed by atoms with van der Waals surface area (Å²) >= 11 is 0. The maximum Gasteiger partial charge on any atom is 0.297 e. The molecule has 1 aromatic rings. The molecule has 0 saturated heterocycles. The molecule has 0 spiro atoms. The minimum atomic E-state index is -3.88. The molecule has 5 nitrogen and oxygen atoms in total. The third-order valence-corrected chi connectivity index (χ3v) is 3.56. The fourth-order valence-electron chi connectivity index (χ4n) is 1.07. The van der Waals surface area contributed by atoms with Gasteiger partial charge in [0.15, 0.2) is 0 Å². The Kier molecular flexibility index (Phi) is 4.64. The van der Waals surface area contributed by atoms with E-state index in [0.29, 0.717) is 0 Å². The van der Waals surface area contributed by atoms with Crippen molar-refractivity contribution < 1.29 is 22.8 Å². The van der Waals surface area contributed by atoms with Gasteiger partial charge in [-0.3, -0.25) is 4.18 Å². The van der Waals surface area contributed by atoms with E-state index in [1.54, 1.807) is 12.1 Å². The normalized spacial score (nSPS) is 15.5. The maximum atomic E-state index is 11.7. The van der Waals surface area contributed by atoms with Crippen molar-refractivity contribution >= 4 is 10.1 Å². The predicted molar refractivity (Wildman–Crippen MR) is 62.0 cm³/mol. The van der Waals surface area contributed by atoms with Crippen molar-refractivity contribution in [2.24, 2.45) is 0 Å². The van der Waals surface area contributed by atoms with Gasteiger partial charge in [0, 0.05) is 0 Å². The Morgan fingerprint density at radius 3 is 2.24 bits per heavy atom. The van der Waals surface area contributed by atoms with Crippen LogP contribution in [0.25, 0.3) is 0 Å². The highest BCUT2D eigenvalue weighted by molar-refractivity contribution is 7.86. The Morgan fingerprint density at radius 1 is 1.24 bits per heavy atom. The van der Waals surface area contributed by atoms with Gasteiger partial charge in [0.25, 0.3) is 10.1 Å². The molecule has 96 valence electrons. The number of hydrogen-bond donors (Lipinski definition) is 2. The fourth-order valence-corrected chi connectivity index (χ4v) is 2.00. The van der Waals surface area contributed by atoms with Crippen LogP contribution in [0.5, 0.6) is 0 Å². The van der Waals surface area contributed by atoms with E-state index in [1.165, 1.54) is 19.1 Å². The van der Waals surface area contributed by atoms with Gasteiger partial charge >= 0.3 is 0 Å². The van der Waals surface area contributed by atoms with Crippen LogP contribution in [-0.4, -0.2) is 37.4 Å². The summed E-state index contributed by atoms with van der Waals surface area (Å²) in [6.07, 6.45) is -2.27. The molecular formula is C11H16O5S. The van der Waals surface area contributed by atoms with Gasteiger partial charge in [-0.2, -0.15) is 8.42 Å². The second-order valence-corrected chi connectivity index (χ2v) is 5.48. The van der Waals surface area contributed by atoms with E-state index >= 15 is 0 Å². The van der Waals surface area contributed by atoms with E-state index in [4.69, 9.17) is 5.11 Å². The van der Waals surface area contributed by atoms with Crippen LogP contribution in [0.15, 0.2) is 29.2 Å². The summed E-state index contributed by atoms with van der Waals surface area (Å²) in [5.74, 6) is 0. The zero-order valence-electron chi connectivity index (χ0n) is 9.70. The van der Waals surface area contributed by atoms with Gasteiger partial charge in [-0.15, -0.1) is 0 Å². The molecule has 0 bridgehead atoms. The molecule has 0 aliphatic rings. The Bertz CT molecular complexity index is 449. The predicted octanol–water partition coefficient (Wildman–Crippen LogP) is 0.442. The van der Waals surface area contributed by atoms with Crippen molar-refractivity contribution in [3.63, 3.8) is 0 Å². The Morgan fingerprint density at radius 2 is 1.76 bits per heavy atom. The second-order valence-electron chi connectivity index (χ2n) is 3.86. The Labute approximate surface area is 101 Å². The van der Waals surface area contributed by atoms with E-state index < -0.39 is 28.9 Å². The molecule has 2 N–H and O–H groups in total. The van der Waals surface area contributed by atoms with E-state index in [9.17, 15) is 13.5 Å². The molecule has 6 heteroatoms. The molecule has 2 atom stereocenters. The topological polar surface area (TPSA) is 83.8 Å². The van der Waals surface area contributed by atoms with Crippen LogP contribution in [0.2, 0.25) is 0 Å². The molecule has 0 aromatic heterocycles. The SMILES string of the molecule is Cc1ccc(S(=O)(=O)OC[C@H](O)[C@@H](C)O)cc1. The van der Waals surface area contributed by atoms with E-state index in [-0.39, 0.29) is 4.90 Å². The summed E-state index contributed by atoms with van der Waals surface area (Å²) in [6, 6.07) is 6.17. The average molecular weight is 260 g/mol. The summed E-state index contributed by atoms with van der Waals surface area (Å²) in [5, 5.41) is 18.2. The summed E-state index contributed by atoms with van der Waals surface area (Å²) < 4.78 is 28.0. The minimum Gasteiger partial charge on any atom is -0.391 e. The standard InChI is InChI=1S/C11H16O5S/c1-8-3-5-10(6-4-8)17(14,15)16-7-11(13)9(2)12/h3-6,9,11-13H,7H2,1-2H3/t9-,11+/m1/s1. The highest BCUT2D eigenvalue weighted by Crippen LogP contribution is 2.13. The van der Waals surface area contributed by atoms with Crippen LogP contribution in [0.4, 0.5) is 0 Å². The van der Waals surface area contributed by atoms with Crippen molar-refractivity contribution in [3.05, 3.63) is 29.8 Å². The van der Waals surface area contributed by atoms with Crippen molar-refractivity contribution in [2.45, 2.75) is 31.0 Å². The van der Waals surface area contributed by atoms with Crippen molar-refractivity contribution in [1.82, 2.24) is 0 Å². The number of hydrogen-bond acceptors (Lipinski definition) is 5. The van der Waals surface area contributed by atoms with Gasteiger partial charge in [-0.1, -0.05) is 17.7 Å². The molecule has 0 saturated carbocycles. The molecule has 0 heterocycles. The average Bonchev–Trinajstić information content (AvgIpc) is 2.26. The number of rotatable bonds is 5. The Balaban J connectivity index is 2.72. The van der Waals surface area contributed by atoms with Crippen LogP contribution < -0.4 is 0 Å². The van der Waals surface area contributed by atoms with Gasteiger partial charge in [0.05, 0.1) is 17.6 Å². The van der Waals surface area contributed by atoms with E-state index in [0.717, 1.165) is 5.56 Å². The summed E-state index contributed by atoms with van der Waals surface area (Å²) in [7, 11) is -3.88. The molecular weight excluding hydrogens is 244 g/mol. The first kappa shape index (κ1) is 14.1. The molecule has 17 heavy (non-hydrogen) atoms. The van der Waals surface area contributed by atoms with Crippen molar-refractivity contribution in [3.8, 4) is 0 Å². The molecule has 0 aliphatic carbocycles. The fraction of sp³-hybridized carbons (Fsp3) is 0.455.